The van der Waals surface area contributed by atoms with Crippen LogP contribution in [0, 0.1) is 5.92 Å². The van der Waals surface area contributed by atoms with Gasteiger partial charge < -0.3 is 11.1 Å². The van der Waals surface area contributed by atoms with E-state index in [0.29, 0.717) is 11.4 Å². The van der Waals surface area contributed by atoms with Crippen LogP contribution >= 0.6 is 0 Å². The number of amides is 1. The first-order chi connectivity index (χ1) is 8.70. The van der Waals surface area contributed by atoms with Crippen LogP contribution in [0.1, 0.15) is 55.9 Å². The highest BCUT2D eigenvalue weighted by Crippen LogP contribution is 2.27. The van der Waals surface area contributed by atoms with Crippen molar-refractivity contribution in [1.82, 2.24) is 15.5 Å². The maximum Gasteiger partial charge on any atom is 0.271 e. The molecule has 5 nitrogen and oxygen atoms in total. The van der Waals surface area contributed by atoms with Crippen molar-refractivity contribution in [2.45, 2.75) is 51.5 Å². The Balaban J connectivity index is 1.81. The summed E-state index contributed by atoms with van der Waals surface area (Å²) in [6.45, 7) is 2.23. The number of hydrogen-bond donors (Lipinski definition) is 3. The molecule has 100 valence electrons. The normalized spacial score (nSPS) is 23.8. The van der Waals surface area contributed by atoms with E-state index in [2.05, 4.69) is 22.4 Å². The molecule has 1 saturated carbocycles. The van der Waals surface area contributed by atoms with Crippen LogP contribution in [0.2, 0.25) is 0 Å². The van der Waals surface area contributed by atoms with Gasteiger partial charge >= 0.3 is 0 Å². The fourth-order valence-electron chi connectivity index (χ4n) is 2.74. The summed E-state index contributed by atoms with van der Waals surface area (Å²) >= 11 is 0. The Morgan fingerprint density at radius 3 is 2.78 bits per heavy atom. The second-order valence-electron chi connectivity index (χ2n) is 5.18. The minimum Gasteiger partial charge on any atom is -0.396 e. The molecule has 0 aliphatic heterocycles. The number of nitrogens with two attached hydrogens (primary N) is 1. The molecule has 2 rings (SSSR count). The standard InChI is InChI=1S/C13H22N4O/c1-2-3-9-4-6-10(7-5-9)16-13(18)12-11(14)8-15-17-12/h8-10H,2-7,14H2,1H3,(H,15,17)(H,16,18). The summed E-state index contributed by atoms with van der Waals surface area (Å²) in [6, 6.07) is 0.285. The number of nitrogens with one attached hydrogen (secondary N) is 2. The quantitative estimate of drug-likeness (QED) is 0.765. The third kappa shape index (κ3) is 3.03. The lowest BCUT2D eigenvalue weighted by Gasteiger charge is -2.28. The van der Waals surface area contributed by atoms with Gasteiger partial charge in [0, 0.05) is 6.04 Å². The number of H-pyrrole nitrogens is 1. The first kappa shape index (κ1) is 12.9. The zero-order chi connectivity index (χ0) is 13.0. The number of nitrogens with zero attached hydrogens (tertiary/aromatic N) is 1. The molecule has 0 bridgehead atoms. The largest absolute Gasteiger partial charge is 0.396 e. The number of aromatic nitrogens is 2. The third-order valence-corrected chi connectivity index (χ3v) is 3.77. The van der Waals surface area contributed by atoms with Crippen LogP contribution in [0.4, 0.5) is 5.69 Å². The molecule has 0 saturated heterocycles. The van der Waals surface area contributed by atoms with Gasteiger partial charge in [0.05, 0.1) is 11.9 Å². The van der Waals surface area contributed by atoms with Gasteiger partial charge in [0.25, 0.3) is 5.91 Å². The molecule has 0 spiro atoms. The summed E-state index contributed by atoms with van der Waals surface area (Å²) in [6.07, 6.45) is 8.62. The SMILES string of the molecule is CCCC1CCC(NC(=O)c2[nH]ncc2N)CC1. The second kappa shape index (κ2) is 5.89. The predicted octanol–water partition coefficient (Wildman–Crippen LogP) is 2.08. The molecule has 4 N–H and O–H groups in total. The van der Waals surface area contributed by atoms with Crippen molar-refractivity contribution in [3.8, 4) is 0 Å². The molecule has 18 heavy (non-hydrogen) atoms. The average molecular weight is 250 g/mol. The molecular weight excluding hydrogens is 228 g/mol. The number of aromatic amines is 1. The van der Waals surface area contributed by atoms with Crippen LogP contribution in [-0.2, 0) is 0 Å². The van der Waals surface area contributed by atoms with Gasteiger partial charge in [0.15, 0.2) is 0 Å². The van der Waals surface area contributed by atoms with Gasteiger partial charge in [0.1, 0.15) is 5.69 Å². The second-order valence-corrected chi connectivity index (χ2v) is 5.18. The fraction of sp³-hybridized carbons (Fsp3) is 0.692. The Morgan fingerprint density at radius 2 is 2.22 bits per heavy atom. The number of carbonyl (C=O) groups excluding carboxylic acids is 1. The van der Waals surface area contributed by atoms with E-state index in [0.717, 1.165) is 18.8 Å². The first-order valence-corrected chi connectivity index (χ1v) is 6.80. The number of anilines is 1. The van der Waals surface area contributed by atoms with Gasteiger partial charge in [-0.25, -0.2) is 0 Å². The zero-order valence-electron chi connectivity index (χ0n) is 10.9. The van der Waals surface area contributed by atoms with Crippen LogP contribution in [0.15, 0.2) is 6.20 Å². The lowest BCUT2D eigenvalue weighted by molar-refractivity contribution is 0.0917. The Labute approximate surface area is 108 Å². The van der Waals surface area contributed by atoms with Crippen LogP contribution < -0.4 is 11.1 Å². The smallest absolute Gasteiger partial charge is 0.271 e. The Morgan fingerprint density at radius 1 is 1.50 bits per heavy atom. The summed E-state index contributed by atoms with van der Waals surface area (Å²) in [5.74, 6) is 0.712. The van der Waals surface area contributed by atoms with Crippen LogP contribution in [0.5, 0.6) is 0 Å². The first-order valence-electron chi connectivity index (χ1n) is 6.80. The van der Waals surface area contributed by atoms with E-state index in [1.54, 1.807) is 0 Å². The highest BCUT2D eigenvalue weighted by Gasteiger charge is 2.23. The zero-order valence-corrected chi connectivity index (χ0v) is 10.9. The van der Waals surface area contributed by atoms with Gasteiger partial charge in [-0.3, -0.25) is 9.89 Å². The minimum absolute atomic E-state index is 0.135. The average Bonchev–Trinajstić information content (AvgIpc) is 2.78. The number of hydrogen-bond acceptors (Lipinski definition) is 3. The molecule has 0 atom stereocenters. The van der Waals surface area contributed by atoms with Gasteiger partial charge in [-0.1, -0.05) is 19.8 Å². The summed E-state index contributed by atoms with van der Waals surface area (Å²) in [4.78, 5) is 11.9. The molecule has 0 radical (unpaired) electrons. The van der Waals surface area contributed by atoms with Crippen molar-refractivity contribution in [2.24, 2.45) is 5.92 Å². The van der Waals surface area contributed by atoms with E-state index in [-0.39, 0.29) is 11.9 Å². The maximum absolute atomic E-state index is 11.9. The molecule has 5 heteroatoms. The highest BCUT2D eigenvalue weighted by atomic mass is 16.2. The van der Waals surface area contributed by atoms with E-state index in [4.69, 9.17) is 5.73 Å². The number of rotatable bonds is 4. The molecule has 1 aliphatic carbocycles. The van der Waals surface area contributed by atoms with Crippen molar-refractivity contribution in [3.63, 3.8) is 0 Å². The summed E-state index contributed by atoms with van der Waals surface area (Å²) < 4.78 is 0. The molecule has 1 aromatic rings. The van der Waals surface area contributed by atoms with Gasteiger partial charge in [0.2, 0.25) is 0 Å². The summed E-state index contributed by atoms with van der Waals surface area (Å²) in [7, 11) is 0. The monoisotopic (exact) mass is 250 g/mol. The summed E-state index contributed by atoms with van der Waals surface area (Å²) in [5, 5.41) is 9.43. The lowest BCUT2D eigenvalue weighted by atomic mass is 9.83. The van der Waals surface area contributed by atoms with Crippen LogP contribution in [0.25, 0.3) is 0 Å². The lowest BCUT2D eigenvalue weighted by Crippen LogP contribution is -2.38. The molecule has 1 amide bonds. The van der Waals surface area contributed by atoms with Crippen molar-refractivity contribution in [1.29, 1.82) is 0 Å². The Kier molecular flexibility index (Phi) is 4.23. The van der Waals surface area contributed by atoms with Gasteiger partial charge in [-0.05, 0) is 31.6 Å². The molecule has 1 aromatic heterocycles. The van der Waals surface area contributed by atoms with Gasteiger partial charge in [-0.2, -0.15) is 5.10 Å². The van der Waals surface area contributed by atoms with E-state index in [1.165, 1.54) is 31.9 Å². The molecular formula is C13H22N4O. The number of nitrogen functional groups attached to an aromatic ring is 1. The van der Waals surface area contributed by atoms with Crippen molar-refractivity contribution in [2.75, 3.05) is 5.73 Å². The molecule has 1 aliphatic rings. The summed E-state index contributed by atoms with van der Waals surface area (Å²) in [5.41, 5.74) is 6.44. The van der Waals surface area contributed by atoms with Crippen molar-refractivity contribution < 1.29 is 4.79 Å². The highest BCUT2D eigenvalue weighted by molar-refractivity contribution is 5.97. The molecule has 1 fully saturated rings. The van der Waals surface area contributed by atoms with E-state index in [1.807, 2.05) is 0 Å². The Bertz CT molecular complexity index is 393. The van der Waals surface area contributed by atoms with Crippen LogP contribution in [0.3, 0.4) is 0 Å². The van der Waals surface area contributed by atoms with E-state index >= 15 is 0 Å². The third-order valence-electron chi connectivity index (χ3n) is 3.77. The van der Waals surface area contributed by atoms with E-state index < -0.39 is 0 Å². The van der Waals surface area contributed by atoms with Crippen LogP contribution in [-0.4, -0.2) is 22.1 Å². The predicted molar refractivity (Wildman–Crippen MR) is 71.1 cm³/mol. The molecule has 0 aromatic carbocycles. The van der Waals surface area contributed by atoms with Crippen molar-refractivity contribution >= 4 is 11.6 Å². The fourth-order valence-corrected chi connectivity index (χ4v) is 2.74. The maximum atomic E-state index is 11.9. The Hall–Kier alpha value is -1.52. The van der Waals surface area contributed by atoms with Gasteiger partial charge in [-0.15, -0.1) is 0 Å². The topological polar surface area (TPSA) is 83.8 Å². The van der Waals surface area contributed by atoms with Crippen molar-refractivity contribution in [3.05, 3.63) is 11.9 Å². The van der Waals surface area contributed by atoms with E-state index in [9.17, 15) is 4.79 Å². The molecule has 1 heterocycles. The minimum atomic E-state index is -0.135. The number of carbonyl (C=O) groups is 1. The molecule has 0 unspecified atom stereocenters.